The Labute approximate surface area is 124 Å². The van der Waals surface area contributed by atoms with Crippen LogP contribution in [-0.4, -0.2) is 41.2 Å². The molecule has 1 aliphatic heterocycles. The molecule has 1 unspecified atom stereocenters. The molecule has 1 atom stereocenters. The average molecular weight is 294 g/mol. The fourth-order valence-electron chi connectivity index (χ4n) is 2.83. The van der Waals surface area contributed by atoms with Gasteiger partial charge in [0.05, 0.1) is 18.1 Å². The summed E-state index contributed by atoms with van der Waals surface area (Å²) in [6, 6.07) is 5.10. The number of nitro groups is 1. The summed E-state index contributed by atoms with van der Waals surface area (Å²) in [6.45, 7) is 4.36. The van der Waals surface area contributed by atoms with Crippen molar-refractivity contribution in [2.24, 2.45) is 5.92 Å². The second-order valence-electron chi connectivity index (χ2n) is 5.62. The molecule has 0 saturated carbocycles. The highest BCUT2D eigenvalue weighted by Crippen LogP contribution is 2.29. The van der Waals surface area contributed by atoms with Crippen LogP contribution in [0.15, 0.2) is 18.2 Å². The van der Waals surface area contributed by atoms with Crippen LogP contribution in [0.25, 0.3) is 0 Å². The quantitative estimate of drug-likeness (QED) is 0.665. The van der Waals surface area contributed by atoms with Crippen molar-refractivity contribution in [2.45, 2.75) is 32.4 Å². The minimum Gasteiger partial charge on any atom is -0.490 e. The Morgan fingerprint density at radius 3 is 2.67 bits per heavy atom. The largest absolute Gasteiger partial charge is 0.490 e. The molecular weight excluding hydrogens is 272 g/mol. The molecule has 1 heterocycles. The third-order valence-corrected chi connectivity index (χ3v) is 4.16. The van der Waals surface area contributed by atoms with Crippen molar-refractivity contribution in [3.63, 3.8) is 0 Å². The van der Waals surface area contributed by atoms with Gasteiger partial charge in [-0.05, 0) is 50.4 Å². The lowest BCUT2D eigenvalue weighted by Gasteiger charge is -2.33. The highest BCUT2D eigenvalue weighted by Gasteiger charge is 2.23. The average Bonchev–Trinajstić information content (AvgIpc) is 2.47. The van der Waals surface area contributed by atoms with Gasteiger partial charge in [0.1, 0.15) is 0 Å². The minimum absolute atomic E-state index is 0.00821. The highest BCUT2D eigenvalue weighted by molar-refractivity contribution is 5.48. The smallest absolute Gasteiger partial charge is 0.311 e. The molecule has 1 saturated heterocycles. The monoisotopic (exact) mass is 294 g/mol. The molecule has 21 heavy (non-hydrogen) atoms. The summed E-state index contributed by atoms with van der Waals surface area (Å²) in [5.41, 5.74) is 0.923. The molecule has 0 aliphatic carbocycles. The van der Waals surface area contributed by atoms with Gasteiger partial charge < -0.3 is 9.84 Å². The molecule has 0 amide bonds. The van der Waals surface area contributed by atoms with E-state index >= 15 is 0 Å². The molecule has 0 bridgehead atoms. The molecule has 1 aromatic carbocycles. The molecule has 0 aromatic heterocycles. The van der Waals surface area contributed by atoms with Gasteiger partial charge in [0.15, 0.2) is 5.75 Å². The molecule has 6 nitrogen and oxygen atoms in total. The maximum absolute atomic E-state index is 11.0. The molecule has 1 aliphatic rings. The van der Waals surface area contributed by atoms with E-state index in [1.165, 1.54) is 7.11 Å². The Kier molecular flexibility index (Phi) is 5.14. The normalized spacial score (nSPS) is 18.4. The number of nitro benzene ring substituents is 1. The number of methoxy groups -OCH3 is 1. The van der Waals surface area contributed by atoms with E-state index in [4.69, 9.17) is 4.74 Å². The maximum atomic E-state index is 11.0. The molecule has 2 rings (SSSR count). The zero-order valence-electron chi connectivity index (χ0n) is 12.5. The first-order valence-electron chi connectivity index (χ1n) is 7.23. The fraction of sp³-hybridized carbons (Fsp3) is 0.600. The van der Waals surface area contributed by atoms with Crippen LogP contribution in [-0.2, 0) is 6.54 Å². The first kappa shape index (κ1) is 15.7. The number of piperidine rings is 1. The number of nitrogens with zero attached hydrogens (tertiary/aromatic N) is 2. The van der Waals surface area contributed by atoms with Crippen LogP contribution in [0.3, 0.4) is 0 Å². The summed E-state index contributed by atoms with van der Waals surface area (Å²) in [6.07, 6.45) is 1.68. The van der Waals surface area contributed by atoms with E-state index in [-0.39, 0.29) is 17.5 Å². The van der Waals surface area contributed by atoms with E-state index < -0.39 is 4.92 Å². The Balaban J connectivity index is 2.01. The number of likely N-dealkylation sites (tertiary alicyclic amines) is 1. The van der Waals surface area contributed by atoms with E-state index in [0.717, 1.165) is 31.5 Å². The lowest BCUT2D eigenvalue weighted by molar-refractivity contribution is -0.385. The molecule has 0 spiro atoms. The fourth-order valence-corrected chi connectivity index (χ4v) is 2.83. The Morgan fingerprint density at radius 1 is 1.48 bits per heavy atom. The van der Waals surface area contributed by atoms with Crippen LogP contribution in [0.5, 0.6) is 5.75 Å². The van der Waals surface area contributed by atoms with Gasteiger partial charge in [0, 0.05) is 12.6 Å². The summed E-state index contributed by atoms with van der Waals surface area (Å²) in [7, 11) is 1.43. The van der Waals surface area contributed by atoms with Crippen LogP contribution in [0, 0.1) is 16.0 Å². The Morgan fingerprint density at radius 2 is 2.14 bits per heavy atom. The molecule has 1 N–H and O–H groups in total. The highest BCUT2D eigenvalue weighted by atomic mass is 16.6. The van der Waals surface area contributed by atoms with Crippen LogP contribution in [0.2, 0.25) is 0 Å². The second-order valence-corrected chi connectivity index (χ2v) is 5.62. The Bertz CT molecular complexity index is 496. The van der Waals surface area contributed by atoms with E-state index in [9.17, 15) is 15.2 Å². The summed E-state index contributed by atoms with van der Waals surface area (Å²) in [5.74, 6) is 0.656. The number of aliphatic hydroxyl groups is 1. The molecule has 6 heteroatoms. The third-order valence-electron chi connectivity index (χ3n) is 4.16. The van der Waals surface area contributed by atoms with Crippen LogP contribution in [0.4, 0.5) is 5.69 Å². The van der Waals surface area contributed by atoms with E-state index in [1.54, 1.807) is 12.1 Å². The zero-order chi connectivity index (χ0) is 15.4. The van der Waals surface area contributed by atoms with Gasteiger partial charge in [-0.1, -0.05) is 6.07 Å². The van der Waals surface area contributed by atoms with Gasteiger partial charge in [0.2, 0.25) is 0 Å². The first-order valence-corrected chi connectivity index (χ1v) is 7.23. The number of benzene rings is 1. The molecule has 116 valence electrons. The topological polar surface area (TPSA) is 75.8 Å². The number of ether oxygens (including phenoxy) is 1. The standard InChI is InChI=1S/C15H22N2O4/c1-11(18)13-5-7-16(8-6-13)10-12-3-4-15(21-2)14(9-12)17(19)20/h3-4,9,11,13,18H,5-8,10H2,1-2H3. The number of aliphatic hydroxyl groups excluding tert-OH is 1. The summed E-state index contributed by atoms with van der Waals surface area (Å²) >= 11 is 0. The third kappa shape index (κ3) is 3.92. The van der Waals surface area contributed by atoms with E-state index in [0.29, 0.717) is 12.5 Å². The molecule has 0 radical (unpaired) electrons. The van der Waals surface area contributed by atoms with Gasteiger partial charge in [-0.25, -0.2) is 0 Å². The zero-order valence-corrected chi connectivity index (χ0v) is 12.5. The van der Waals surface area contributed by atoms with Gasteiger partial charge in [-0.3, -0.25) is 15.0 Å². The molecule has 1 fully saturated rings. The lowest BCUT2D eigenvalue weighted by atomic mass is 9.92. The SMILES string of the molecule is COc1ccc(CN2CCC(C(C)O)CC2)cc1[N+](=O)[O-]. The van der Waals surface area contributed by atoms with Crippen LogP contribution >= 0.6 is 0 Å². The van der Waals surface area contributed by atoms with Crippen molar-refractivity contribution in [3.8, 4) is 5.75 Å². The number of rotatable bonds is 5. The predicted molar refractivity (Wildman–Crippen MR) is 79.3 cm³/mol. The lowest BCUT2D eigenvalue weighted by Crippen LogP contribution is -2.36. The van der Waals surface area contributed by atoms with E-state index in [1.807, 2.05) is 13.0 Å². The minimum atomic E-state index is -0.415. The van der Waals surface area contributed by atoms with E-state index in [2.05, 4.69) is 4.90 Å². The predicted octanol–water partition coefficient (Wildman–Crippen LogP) is 2.20. The second kappa shape index (κ2) is 6.87. The van der Waals surface area contributed by atoms with Crippen molar-refractivity contribution < 1.29 is 14.8 Å². The molecule has 1 aromatic rings. The van der Waals surface area contributed by atoms with Crippen molar-refractivity contribution in [1.82, 2.24) is 4.90 Å². The van der Waals surface area contributed by atoms with Gasteiger partial charge in [-0.2, -0.15) is 0 Å². The van der Waals surface area contributed by atoms with Crippen molar-refractivity contribution in [3.05, 3.63) is 33.9 Å². The van der Waals surface area contributed by atoms with Crippen LogP contribution < -0.4 is 4.74 Å². The van der Waals surface area contributed by atoms with Crippen LogP contribution in [0.1, 0.15) is 25.3 Å². The Hall–Kier alpha value is -1.66. The van der Waals surface area contributed by atoms with Gasteiger partial charge in [0.25, 0.3) is 0 Å². The molecular formula is C15H22N2O4. The van der Waals surface area contributed by atoms with Crippen molar-refractivity contribution >= 4 is 5.69 Å². The summed E-state index contributed by atoms with van der Waals surface area (Å²) in [4.78, 5) is 12.9. The van der Waals surface area contributed by atoms with Crippen molar-refractivity contribution in [1.29, 1.82) is 0 Å². The van der Waals surface area contributed by atoms with Crippen molar-refractivity contribution in [2.75, 3.05) is 20.2 Å². The summed E-state index contributed by atoms with van der Waals surface area (Å²) < 4.78 is 5.01. The number of hydrogen-bond acceptors (Lipinski definition) is 5. The maximum Gasteiger partial charge on any atom is 0.311 e. The van der Waals surface area contributed by atoms with Gasteiger partial charge >= 0.3 is 5.69 Å². The summed E-state index contributed by atoms with van der Waals surface area (Å²) in [5, 5.41) is 20.6. The first-order chi connectivity index (χ1) is 10.0. The number of hydrogen-bond donors (Lipinski definition) is 1. The van der Waals surface area contributed by atoms with Gasteiger partial charge in [-0.15, -0.1) is 0 Å².